The first kappa shape index (κ1) is 30.9. The topological polar surface area (TPSA) is 43.7 Å². The highest BCUT2D eigenvalue weighted by atomic mass is 16.3. The van der Waals surface area contributed by atoms with Gasteiger partial charge in [0.15, 0.2) is 0 Å². The van der Waals surface area contributed by atoms with Gasteiger partial charge in [-0.25, -0.2) is 0 Å². The Bertz CT molecular complexity index is 264. The normalized spacial score (nSPS) is 11.6. The maximum atomic E-state index is 8.86. The lowest BCUT2D eigenvalue weighted by atomic mass is 10.1. The van der Waals surface area contributed by atoms with Gasteiger partial charge in [-0.15, -0.1) is 0 Å². The number of rotatable bonds is 27. The van der Waals surface area contributed by atoms with Gasteiger partial charge >= 0.3 is 0 Å². The van der Waals surface area contributed by atoms with Gasteiger partial charge in [-0.3, -0.25) is 0 Å². The largest absolute Gasteiger partial charge is 0.396 e. The first-order valence-corrected chi connectivity index (χ1v) is 14.3. The Balaban J connectivity index is 3.82. The molecule has 0 aromatic rings. The molecule has 0 unspecified atom stereocenters. The first-order valence-electron chi connectivity index (χ1n) is 14.3. The van der Waals surface area contributed by atoms with Crippen molar-refractivity contribution in [2.75, 3.05) is 32.8 Å². The molecule has 0 saturated heterocycles. The van der Waals surface area contributed by atoms with Gasteiger partial charge < -0.3 is 15.1 Å². The average molecular weight is 442 g/mol. The van der Waals surface area contributed by atoms with Crippen molar-refractivity contribution in [3.63, 3.8) is 0 Å². The molecule has 31 heavy (non-hydrogen) atoms. The van der Waals surface area contributed by atoms with Crippen molar-refractivity contribution in [2.24, 2.45) is 0 Å². The summed E-state index contributed by atoms with van der Waals surface area (Å²) in [7, 11) is 0. The summed E-state index contributed by atoms with van der Waals surface area (Å²) in [5.74, 6) is 0. The van der Waals surface area contributed by atoms with Gasteiger partial charge in [0.1, 0.15) is 0 Å². The second kappa shape index (κ2) is 27.9. The molecule has 0 saturated carbocycles. The molecule has 3 nitrogen and oxygen atoms in total. The van der Waals surface area contributed by atoms with Crippen molar-refractivity contribution in [3.05, 3.63) is 0 Å². The van der Waals surface area contributed by atoms with E-state index in [-0.39, 0.29) is 0 Å². The fourth-order valence-electron chi connectivity index (χ4n) is 4.47. The van der Waals surface area contributed by atoms with Crippen LogP contribution in [0.2, 0.25) is 0 Å². The van der Waals surface area contributed by atoms with Crippen LogP contribution in [0.1, 0.15) is 148 Å². The standard InChI is InChI=1S/C28H59NO2/c1-2-3-4-5-6-9-14-19-24-29(25-20-15-10-7-12-17-22-27-30)26-21-16-11-8-13-18-23-28-31/h30-31H,2-28H2,1H3. The van der Waals surface area contributed by atoms with Crippen LogP contribution >= 0.6 is 0 Å². The van der Waals surface area contributed by atoms with E-state index in [0.29, 0.717) is 13.2 Å². The van der Waals surface area contributed by atoms with Gasteiger partial charge in [0, 0.05) is 13.2 Å². The van der Waals surface area contributed by atoms with E-state index in [4.69, 9.17) is 10.2 Å². The van der Waals surface area contributed by atoms with Crippen LogP contribution in [0.25, 0.3) is 0 Å². The Morgan fingerprint density at radius 2 is 0.613 bits per heavy atom. The van der Waals surface area contributed by atoms with Gasteiger partial charge in [0.25, 0.3) is 0 Å². The van der Waals surface area contributed by atoms with E-state index in [1.807, 2.05) is 0 Å². The summed E-state index contributed by atoms with van der Waals surface area (Å²) in [6.45, 7) is 6.91. The summed E-state index contributed by atoms with van der Waals surface area (Å²) >= 11 is 0. The van der Waals surface area contributed by atoms with Crippen LogP contribution in [-0.2, 0) is 0 Å². The number of unbranched alkanes of at least 4 members (excludes halogenated alkanes) is 19. The first-order chi connectivity index (χ1) is 15.3. The summed E-state index contributed by atoms with van der Waals surface area (Å²) in [5.41, 5.74) is 0. The van der Waals surface area contributed by atoms with Crippen molar-refractivity contribution in [2.45, 2.75) is 148 Å². The second-order valence-corrected chi connectivity index (χ2v) is 9.71. The molecule has 3 heteroatoms. The third-order valence-corrected chi connectivity index (χ3v) is 6.59. The Labute approximate surface area is 196 Å². The predicted molar refractivity (Wildman–Crippen MR) is 138 cm³/mol. The van der Waals surface area contributed by atoms with Crippen molar-refractivity contribution >= 4 is 0 Å². The van der Waals surface area contributed by atoms with E-state index in [2.05, 4.69) is 11.8 Å². The lowest BCUT2D eigenvalue weighted by molar-refractivity contribution is 0.253. The van der Waals surface area contributed by atoms with Crippen LogP contribution in [0, 0.1) is 0 Å². The zero-order valence-corrected chi connectivity index (χ0v) is 21.4. The monoisotopic (exact) mass is 441 g/mol. The number of aliphatic hydroxyl groups is 2. The molecule has 0 amide bonds. The Morgan fingerprint density at radius 1 is 0.355 bits per heavy atom. The highest BCUT2D eigenvalue weighted by Crippen LogP contribution is 2.12. The van der Waals surface area contributed by atoms with Crippen LogP contribution < -0.4 is 0 Å². The molecule has 0 aromatic carbocycles. The van der Waals surface area contributed by atoms with Crippen LogP contribution in [0.5, 0.6) is 0 Å². The minimum Gasteiger partial charge on any atom is -0.396 e. The van der Waals surface area contributed by atoms with Crippen molar-refractivity contribution in [1.82, 2.24) is 4.90 Å². The highest BCUT2D eigenvalue weighted by Gasteiger charge is 2.05. The number of aliphatic hydroxyl groups excluding tert-OH is 2. The maximum absolute atomic E-state index is 8.86. The Morgan fingerprint density at radius 3 is 0.903 bits per heavy atom. The van der Waals surface area contributed by atoms with Crippen molar-refractivity contribution < 1.29 is 10.2 Å². The quantitative estimate of drug-likeness (QED) is 0.127. The minimum atomic E-state index is 0.357. The molecule has 0 aliphatic carbocycles. The molecule has 0 radical (unpaired) electrons. The summed E-state index contributed by atoms with van der Waals surface area (Å²) in [6, 6.07) is 0. The van der Waals surface area contributed by atoms with Crippen LogP contribution in [0.4, 0.5) is 0 Å². The fraction of sp³-hybridized carbons (Fsp3) is 1.00. The highest BCUT2D eigenvalue weighted by molar-refractivity contribution is 4.60. The van der Waals surface area contributed by atoms with Gasteiger partial charge in [-0.05, 0) is 51.7 Å². The molecule has 0 heterocycles. The lowest BCUT2D eigenvalue weighted by Crippen LogP contribution is -2.27. The summed E-state index contributed by atoms with van der Waals surface area (Å²) in [4.78, 5) is 2.76. The molecule has 0 aliphatic heterocycles. The SMILES string of the molecule is CCCCCCCCCCN(CCCCCCCCCO)CCCCCCCCCO. The molecular weight excluding hydrogens is 382 g/mol. The van der Waals surface area contributed by atoms with Crippen LogP contribution in [0.15, 0.2) is 0 Å². The van der Waals surface area contributed by atoms with Crippen LogP contribution in [-0.4, -0.2) is 48.0 Å². The molecule has 0 spiro atoms. The second-order valence-electron chi connectivity index (χ2n) is 9.71. The van der Waals surface area contributed by atoms with E-state index in [1.165, 1.54) is 148 Å². The Kier molecular flexibility index (Phi) is 27.8. The van der Waals surface area contributed by atoms with Crippen molar-refractivity contribution in [1.29, 1.82) is 0 Å². The lowest BCUT2D eigenvalue weighted by Gasteiger charge is -2.22. The Hall–Kier alpha value is -0.120. The zero-order valence-electron chi connectivity index (χ0n) is 21.4. The number of hydrogen-bond donors (Lipinski definition) is 2. The van der Waals surface area contributed by atoms with E-state index in [9.17, 15) is 0 Å². The van der Waals surface area contributed by atoms with Gasteiger partial charge in [-0.1, -0.05) is 116 Å². The average Bonchev–Trinajstić information content (AvgIpc) is 2.78. The van der Waals surface area contributed by atoms with Gasteiger partial charge in [0.2, 0.25) is 0 Å². The molecular formula is C28H59NO2. The molecule has 0 rings (SSSR count). The predicted octanol–water partition coefficient (Wildman–Crippen LogP) is 7.88. The summed E-state index contributed by atoms with van der Waals surface area (Å²) in [6.07, 6.45) is 29.1. The number of hydrogen-bond acceptors (Lipinski definition) is 3. The van der Waals surface area contributed by atoms with E-state index < -0.39 is 0 Å². The third-order valence-electron chi connectivity index (χ3n) is 6.59. The fourth-order valence-corrected chi connectivity index (χ4v) is 4.47. The minimum absolute atomic E-state index is 0.357. The van der Waals surface area contributed by atoms with Crippen molar-refractivity contribution in [3.8, 4) is 0 Å². The molecule has 2 N–H and O–H groups in total. The zero-order chi connectivity index (χ0) is 22.7. The molecule has 0 fully saturated rings. The smallest absolute Gasteiger partial charge is 0.0431 e. The van der Waals surface area contributed by atoms with E-state index in [1.54, 1.807) is 0 Å². The third kappa shape index (κ3) is 26.0. The van der Waals surface area contributed by atoms with Gasteiger partial charge in [0.05, 0.1) is 0 Å². The number of nitrogens with zero attached hydrogens (tertiary/aromatic N) is 1. The van der Waals surface area contributed by atoms with E-state index >= 15 is 0 Å². The van der Waals surface area contributed by atoms with Crippen LogP contribution in [0.3, 0.4) is 0 Å². The van der Waals surface area contributed by atoms with Gasteiger partial charge in [-0.2, -0.15) is 0 Å². The molecule has 0 aromatic heterocycles. The molecule has 0 aliphatic rings. The molecule has 188 valence electrons. The molecule has 0 bridgehead atoms. The summed E-state index contributed by atoms with van der Waals surface area (Å²) in [5, 5.41) is 17.7. The summed E-state index contributed by atoms with van der Waals surface area (Å²) < 4.78 is 0. The maximum Gasteiger partial charge on any atom is 0.0431 e. The van der Waals surface area contributed by atoms with E-state index in [0.717, 1.165) is 12.8 Å². The molecule has 0 atom stereocenters.